The zero-order valence-electron chi connectivity index (χ0n) is 15.0. The van der Waals surface area contributed by atoms with E-state index in [9.17, 15) is 14.4 Å². The van der Waals surface area contributed by atoms with Gasteiger partial charge in [0, 0.05) is 0 Å². The molecular formula is C19H19FN4O2S. The van der Waals surface area contributed by atoms with Crippen LogP contribution in [0.1, 0.15) is 38.3 Å². The number of allylic oxidation sites excluding steroid dienone is 2. The van der Waals surface area contributed by atoms with E-state index >= 15 is 0 Å². The van der Waals surface area contributed by atoms with Crippen LogP contribution in [-0.2, 0) is 9.53 Å². The first-order valence-corrected chi connectivity index (χ1v) is 9.44. The smallest absolute Gasteiger partial charge is 0.338 e. The van der Waals surface area contributed by atoms with Crippen LogP contribution in [0.25, 0.3) is 0 Å². The van der Waals surface area contributed by atoms with Crippen molar-refractivity contribution >= 4 is 22.9 Å². The molecule has 0 unspecified atom stereocenters. The van der Waals surface area contributed by atoms with Crippen LogP contribution in [0.2, 0.25) is 0 Å². The second-order valence-electron chi connectivity index (χ2n) is 5.98. The molecule has 0 saturated carbocycles. The number of carbonyl (C=O) groups excluding carboxylic acids is 1. The van der Waals surface area contributed by atoms with E-state index in [0.717, 1.165) is 6.42 Å². The number of fused-ring (bicyclic) bond motifs is 1. The van der Waals surface area contributed by atoms with Crippen molar-refractivity contribution in [3.05, 3.63) is 57.6 Å². The second-order valence-corrected chi connectivity index (χ2v) is 6.96. The van der Waals surface area contributed by atoms with Gasteiger partial charge >= 0.3 is 5.97 Å². The summed E-state index contributed by atoms with van der Waals surface area (Å²) < 4.78 is 18.7. The number of hydrogen-bond acceptors (Lipinski definition) is 7. The maximum absolute atomic E-state index is 13.5. The Morgan fingerprint density at radius 3 is 2.70 bits per heavy atom. The highest BCUT2D eigenvalue weighted by Crippen LogP contribution is 2.46. The topological polar surface area (TPSA) is 91.7 Å². The van der Waals surface area contributed by atoms with Gasteiger partial charge in [0.15, 0.2) is 5.17 Å². The number of hydrogen-bond donors (Lipinski definition) is 1. The van der Waals surface area contributed by atoms with Crippen molar-refractivity contribution in [1.82, 2.24) is 4.90 Å². The number of nitrogens with two attached hydrogens (primary N) is 1. The van der Waals surface area contributed by atoms with E-state index < -0.39 is 12.0 Å². The van der Waals surface area contributed by atoms with E-state index in [1.54, 1.807) is 24.0 Å². The van der Waals surface area contributed by atoms with Gasteiger partial charge < -0.3 is 10.5 Å². The molecule has 0 amide bonds. The van der Waals surface area contributed by atoms with Crippen LogP contribution in [0.4, 0.5) is 4.39 Å². The lowest BCUT2D eigenvalue weighted by Crippen LogP contribution is -2.39. The van der Waals surface area contributed by atoms with Crippen LogP contribution in [0, 0.1) is 17.1 Å². The number of aliphatic imine (C=N–C) groups is 1. The van der Waals surface area contributed by atoms with E-state index in [0.29, 0.717) is 33.3 Å². The minimum absolute atomic E-state index is 0.220. The lowest BCUT2D eigenvalue weighted by molar-refractivity contribution is -0.139. The van der Waals surface area contributed by atoms with Gasteiger partial charge in [-0.05, 0) is 42.8 Å². The minimum atomic E-state index is -0.628. The highest BCUT2D eigenvalue weighted by molar-refractivity contribution is 8.17. The third-order valence-corrected chi connectivity index (χ3v) is 5.21. The first-order chi connectivity index (χ1) is 13.0. The Labute approximate surface area is 161 Å². The Hall–Kier alpha value is -2.79. The monoisotopic (exact) mass is 386 g/mol. The summed E-state index contributed by atoms with van der Waals surface area (Å²) in [6.45, 7) is 3.94. The van der Waals surface area contributed by atoms with Crippen LogP contribution in [0.3, 0.4) is 0 Å². The maximum Gasteiger partial charge on any atom is 0.338 e. The van der Waals surface area contributed by atoms with E-state index in [2.05, 4.69) is 11.1 Å². The molecule has 0 fully saturated rings. The van der Waals surface area contributed by atoms with E-state index in [1.807, 2.05) is 6.92 Å². The summed E-state index contributed by atoms with van der Waals surface area (Å²) in [6.07, 6.45) is 1.36. The summed E-state index contributed by atoms with van der Waals surface area (Å²) >= 11 is 1.17. The Morgan fingerprint density at radius 2 is 2.11 bits per heavy atom. The molecule has 0 saturated heterocycles. The van der Waals surface area contributed by atoms with Crippen LogP contribution in [0.5, 0.6) is 0 Å². The molecular weight excluding hydrogens is 367 g/mol. The number of halogens is 1. The molecule has 0 aromatic heterocycles. The number of esters is 1. The molecule has 2 aliphatic rings. The number of benzene rings is 1. The molecule has 8 heteroatoms. The number of nitrogens with zero attached hydrogens (tertiary/aromatic N) is 3. The van der Waals surface area contributed by atoms with Gasteiger partial charge in [0.05, 0.1) is 23.9 Å². The zero-order valence-corrected chi connectivity index (χ0v) is 15.8. The van der Waals surface area contributed by atoms with Crippen molar-refractivity contribution in [3.63, 3.8) is 0 Å². The lowest BCUT2D eigenvalue weighted by atomic mass is 9.93. The van der Waals surface area contributed by atoms with Crippen molar-refractivity contribution < 1.29 is 13.9 Å². The Bertz CT molecular complexity index is 899. The third kappa shape index (κ3) is 3.43. The fraction of sp³-hybridized carbons (Fsp3) is 0.316. The molecule has 0 radical (unpaired) electrons. The summed E-state index contributed by atoms with van der Waals surface area (Å²) in [4.78, 5) is 19.4. The number of rotatable bonds is 5. The number of amidine groups is 1. The van der Waals surface area contributed by atoms with Gasteiger partial charge in [-0.3, -0.25) is 4.90 Å². The highest BCUT2D eigenvalue weighted by Gasteiger charge is 2.43. The number of carbonyl (C=O) groups is 1. The molecule has 2 heterocycles. The van der Waals surface area contributed by atoms with Gasteiger partial charge in [0.1, 0.15) is 22.6 Å². The van der Waals surface area contributed by atoms with Crippen LogP contribution >= 0.6 is 11.8 Å². The average molecular weight is 386 g/mol. The van der Waals surface area contributed by atoms with Crippen LogP contribution in [-0.4, -0.2) is 22.6 Å². The van der Waals surface area contributed by atoms with Crippen molar-refractivity contribution in [1.29, 1.82) is 5.26 Å². The van der Waals surface area contributed by atoms with E-state index in [4.69, 9.17) is 10.5 Å². The first-order valence-electron chi connectivity index (χ1n) is 8.63. The molecule has 2 N–H and O–H groups in total. The standard InChI is InChI=1S/C19H19FN4O2S/c1-3-5-13-15(18(25)26-4-2)16(11-6-8-12(20)9-7-11)24-17(22)14(10-21)27-19(24)23-13/h6-9,16H,3-5,22H2,1-2H3/t16-/m1/s1. The van der Waals surface area contributed by atoms with Crippen LogP contribution < -0.4 is 5.73 Å². The Kier molecular flexibility index (Phi) is 5.51. The molecule has 140 valence electrons. The van der Waals surface area contributed by atoms with Crippen molar-refractivity contribution in [2.75, 3.05) is 6.61 Å². The van der Waals surface area contributed by atoms with Gasteiger partial charge in [-0.1, -0.05) is 25.5 Å². The van der Waals surface area contributed by atoms with Gasteiger partial charge in [-0.2, -0.15) is 5.26 Å². The summed E-state index contributed by atoms with van der Waals surface area (Å²) in [7, 11) is 0. The molecule has 27 heavy (non-hydrogen) atoms. The van der Waals surface area contributed by atoms with Crippen molar-refractivity contribution in [2.24, 2.45) is 10.7 Å². The maximum atomic E-state index is 13.5. The summed E-state index contributed by atoms with van der Waals surface area (Å²) in [5.74, 6) is -0.634. The largest absolute Gasteiger partial charge is 0.463 e. The Balaban J connectivity index is 2.21. The predicted octanol–water partition coefficient (Wildman–Crippen LogP) is 3.55. The second kappa shape index (κ2) is 7.84. The molecule has 0 spiro atoms. The van der Waals surface area contributed by atoms with Crippen molar-refractivity contribution in [2.45, 2.75) is 32.7 Å². The summed E-state index contributed by atoms with van der Waals surface area (Å²) in [5, 5.41) is 9.90. The van der Waals surface area contributed by atoms with Gasteiger partial charge in [0.25, 0.3) is 0 Å². The number of thioether (sulfide) groups is 1. The SMILES string of the molecule is CCCC1=C(C(=O)OCC)[C@@H](c2ccc(F)cc2)N2C(=N1)SC(C#N)=C2N. The lowest BCUT2D eigenvalue weighted by Gasteiger charge is -2.35. The molecule has 1 aromatic rings. The highest BCUT2D eigenvalue weighted by atomic mass is 32.2. The number of ether oxygens (including phenoxy) is 1. The average Bonchev–Trinajstić information content (AvgIpc) is 2.97. The minimum Gasteiger partial charge on any atom is -0.463 e. The summed E-state index contributed by atoms with van der Waals surface area (Å²) in [5.41, 5.74) is 7.84. The first kappa shape index (κ1) is 19.0. The molecule has 0 bridgehead atoms. The molecule has 2 aliphatic heterocycles. The van der Waals surface area contributed by atoms with Crippen molar-refractivity contribution in [3.8, 4) is 6.07 Å². The Morgan fingerprint density at radius 1 is 1.41 bits per heavy atom. The third-order valence-electron chi connectivity index (χ3n) is 4.23. The summed E-state index contributed by atoms with van der Waals surface area (Å²) in [6, 6.07) is 7.31. The molecule has 0 aliphatic carbocycles. The quantitative estimate of drug-likeness (QED) is 0.778. The molecule has 3 rings (SSSR count). The molecule has 1 atom stereocenters. The van der Waals surface area contributed by atoms with E-state index in [1.165, 1.54) is 23.9 Å². The normalized spacial score (nSPS) is 19.0. The zero-order chi connectivity index (χ0) is 19.6. The predicted molar refractivity (Wildman–Crippen MR) is 101 cm³/mol. The van der Waals surface area contributed by atoms with Crippen LogP contribution in [0.15, 0.2) is 51.3 Å². The van der Waals surface area contributed by atoms with Gasteiger partial charge in [0.2, 0.25) is 0 Å². The fourth-order valence-corrected chi connectivity index (χ4v) is 3.99. The van der Waals surface area contributed by atoms with E-state index in [-0.39, 0.29) is 18.2 Å². The fourth-order valence-electron chi connectivity index (χ4n) is 3.10. The van der Waals surface area contributed by atoms with Gasteiger partial charge in [-0.15, -0.1) is 0 Å². The molecule has 1 aromatic carbocycles. The molecule has 6 nitrogen and oxygen atoms in total. The van der Waals surface area contributed by atoms with Gasteiger partial charge in [-0.25, -0.2) is 14.2 Å². The number of nitriles is 1.